The zero-order chi connectivity index (χ0) is 23.4. The molecule has 2 aromatic carbocycles. The van der Waals surface area contributed by atoms with E-state index in [1.807, 2.05) is 4.90 Å². The molecule has 0 N–H and O–H groups in total. The Bertz CT molecular complexity index is 1180. The number of fused-ring (bicyclic) bond motifs is 3. The average Bonchev–Trinajstić information content (AvgIpc) is 3.45. The minimum absolute atomic E-state index is 0.0507. The number of hydrogen-bond donors (Lipinski definition) is 0. The number of hydrogen-bond acceptors (Lipinski definition) is 7. The van der Waals surface area contributed by atoms with Gasteiger partial charge in [-0.3, -0.25) is 29.4 Å². The number of nitro benzene ring substituents is 1. The molecule has 2 amide bonds. The van der Waals surface area contributed by atoms with Crippen LogP contribution in [0.25, 0.3) is 0 Å². The number of imide groups is 1. The zero-order valence-electron chi connectivity index (χ0n) is 17.6. The Morgan fingerprint density at radius 2 is 1.82 bits per heavy atom. The first-order valence-corrected chi connectivity index (χ1v) is 11.0. The van der Waals surface area contributed by atoms with Crippen LogP contribution < -0.4 is 9.64 Å². The van der Waals surface area contributed by atoms with Crippen LogP contribution >= 0.6 is 11.6 Å². The lowest BCUT2D eigenvalue weighted by molar-refractivity contribution is -0.384. The molecular weight excluding hydrogens is 450 g/mol. The Hall–Kier alpha value is -3.30. The maximum atomic E-state index is 13.6. The first-order valence-electron chi connectivity index (χ1n) is 10.6. The molecule has 0 bridgehead atoms. The number of anilines is 1. The number of Topliss-reactive ketones (excluding diaryl/α,β-unsaturated/α-hetero) is 1. The standard InChI is InChI=1S/C23H20ClN3O6/c1-33-17-11-14(27(31)32)8-9-15(17)26-22(29)18-16-3-2-10-25(16)20(19(18)23(26)30)21(28)12-4-6-13(24)7-5-12/h4-9,11,16,18-20H,2-3,10H2,1H3/t16-,18+,19+,20-/m0/s1. The van der Waals surface area contributed by atoms with Crippen molar-refractivity contribution in [1.82, 2.24) is 4.90 Å². The second-order valence-corrected chi connectivity index (χ2v) is 8.88. The van der Waals surface area contributed by atoms with Gasteiger partial charge in [0.2, 0.25) is 11.8 Å². The molecule has 3 saturated heterocycles. The van der Waals surface area contributed by atoms with Gasteiger partial charge in [0.1, 0.15) is 5.75 Å². The Morgan fingerprint density at radius 1 is 1.12 bits per heavy atom. The number of ether oxygens (including phenoxy) is 1. The third kappa shape index (κ3) is 3.22. The summed E-state index contributed by atoms with van der Waals surface area (Å²) in [5.41, 5.74) is 0.365. The fourth-order valence-electron chi connectivity index (χ4n) is 5.50. The second-order valence-electron chi connectivity index (χ2n) is 8.44. The lowest BCUT2D eigenvalue weighted by atomic mass is 9.85. The molecule has 0 radical (unpaired) electrons. The van der Waals surface area contributed by atoms with Gasteiger partial charge >= 0.3 is 0 Å². The molecule has 170 valence electrons. The normalized spacial score (nSPS) is 26.4. The topological polar surface area (TPSA) is 110 Å². The highest BCUT2D eigenvalue weighted by atomic mass is 35.5. The Balaban J connectivity index is 1.55. The molecule has 3 aliphatic heterocycles. The van der Waals surface area contributed by atoms with E-state index >= 15 is 0 Å². The van der Waals surface area contributed by atoms with E-state index in [1.165, 1.54) is 25.3 Å². The monoisotopic (exact) mass is 469 g/mol. The van der Waals surface area contributed by atoms with Crippen molar-refractivity contribution in [2.24, 2.45) is 11.8 Å². The molecule has 2 aromatic rings. The first-order chi connectivity index (χ1) is 15.8. The first kappa shape index (κ1) is 21.5. The number of methoxy groups -OCH3 is 1. The van der Waals surface area contributed by atoms with Crippen molar-refractivity contribution in [1.29, 1.82) is 0 Å². The minimum atomic E-state index is -0.828. The fraction of sp³-hybridized carbons (Fsp3) is 0.348. The maximum absolute atomic E-state index is 13.6. The fourth-order valence-corrected chi connectivity index (χ4v) is 5.63. The van der Waals surface area contributed by atoms with E-state index in [2.05, 4.69) is 0 Å². The van der Waals surface area contributed by atoms with Gasteiger partial charge in [-0.05, 0) is 49.7 Å². The second kappa shape index (κ2) is 7.93. The van der Waals surface area contributed by atoms with E-state index in [0.717, 1.165) is 17.7 Å². The van der Waals surface area contributed by atoms with Crippen LogP contribution in [0.2, 0.25) is 5.02 Å². The molecule has 5 rings (SSSR count). The Labute approximate surface area is 194 Å². The quantitative estimate of drug-likeness (QED) is 0.286. The van der Waals surface area contributed by atoms with Crippen molar-refractivity contribution < 1.29 is 24.0 Å². The summed E-state index contributed by atoms with van der Waals surface area (Å²) in [4.78, 5) is 54.3. The molecule has 0 saturated carbocycles. The van der Waals surface area contributed by atoms with Crippen LogP contribution in [-0.2, 0) is 9.59 Å². The van der Waals surface area contributed by atoms with Crippen LogP contribution in [0, 0.1) is 22.0 Å². The smallest absolute Gasteiger partial charge is 0.273 e. The molecule has 3 aliphatic rings. The molecular formula is C23H20ClN3O6. The number of non-ortho nitro benzene ring substituents is 1. The van der Waals surface area contributed by atoms with Crippen LogP contribution in [0.1, 0.15) is 23.2 Å². The van der Waals surface area contributed by atoms with E-state index in [-0.39, 0.29) is 28.9 Å². The molecule has 10 heteroatoms. The van der Waals surface area contributed by atoms with Gasteiger partial charge < -0.3 is 4.74 Å². The van der Waals surface area contributed by atoms with E-state index in [0.29, 0.717) is 17.1 Å². The van der Waals surface area contributed by atoms with Gasteiger partial charge in [-0.2, -0.15) is 0 Å². The number of nitro groups is 1. The summed E-state index contributed by atoms with van der Waals surface area (Å²) in [6.45, 7) is 0.642. The zero-order valence-corrected chi connectivity index (χ0v) is 18.4. The third-order valence-electron chi connectivity index (χ3n) is 6.86. The van der Waals surface area contributed by atoms with Gasteiger partial charge in [-0.1, -0.05) is 11.6 Å². The van der Waals surface area contributed by atoms with E-state index < -0.39 is 34.6 Å². The number of ketones is 1. The number of benzene rings is 2. The van der Waals surface area contributed by atoms with Gasteiger partial charge in [0.15, 0.2) is 5.78 Å². The van der Waals surface area contributed by atoms with E-state index in [1.54, 1.807) is 24.3 Å². The van der Waals surface area contributed by atoms with Gasteiger partial charge in [0.25, 0.3) is 5.69 Å². The predicted octanol–water partition coefficient (Wildman–Crippen LogP) is 3.09. The third-order valence-corrected chi connectivity index (χ3v) is 7.12. The minimum Gasteiger partial charge on any atom is -0.494 e. The lowest BCUT2D eigenvalue weighted by Crippen LogP contribution is -2.46. The molecule has 0 aromatic heterocycles. The van der Waals surface area contributed by atoms with Crippen molar-refractivity contribution in [3.05, 3.63) is 63.2 Å². The van der Waals surface area contributed by atoms with Crippen molar-refractivity contribution in [3.63, 3.8) is 0 Å². The van der Waals surface area contributed by atoms with Gasteiger partial charge in [-0.25, -0.2) is 4.90 Å². The molecule has 3 fully saturated rings. The highest BCUT2D eigenvalue weighted by molar-refractivity contribution is 6.30. The number of carbonyl (C=O) groups excluding carboxylic acids is 3. The van der Waals surface area contributed by atoms with Gasteiger partial charge in [0.05, 0.1) is 41.7 Å². The van der Waals surface area contributed by atoms with Crippen LogP contribution in [-0.4, -0.2) is 53.2 Å². The number of amides is 2. The molecule has 0 unspecified atom stereocenters. The summed E-state index contributed by atoms with van der Waals surface area (Å²) in [7, 11) is 1.32. The predicted molar refractivity (Wildman–Crippen MR) is 118 cm³/mol. The van der Waals surface area contributed by atoms with Crippen molar-refractivity contribution in [2.75, 3.05) is 18.6 Å². The van der Waals surface area contributed by atoms with Crippen LogP contribution in [0.3, 0.4) is 0 Å². The number of nitrogens with zero attached hydrogens (tertiary/aromatic N) is 3. The summed E-state index contributed by atoms with van der Waals surface area (Å²) >= 11 is 5.96. The number of carbonyl (C=O) groups is 3. The molecule has 0 aliphatic carbocycles. The number of halogens is 1. The van der Waals surface area contributed by atoms with Crippen molar-refractivity contribution >= 4 is 40.6 Å². The summed E-state index contributed by atoms with van der Waals surface area (Å²) in [6.07, 6.45) is 1.55. The van der Waals surface area contributed by atoms with Crippen molar-refractivity contribution in [2.45, 2.75) is 24.9 Å². The van der Waals surface area contributed by atoms with Gasteiger partial charge in [-0.15, -0.1) is 0 Å². The largest absolute Gasteiger partial charge is 0.494 e. The van der Waals surface area contributed by atoms with Crippen LogP contribution in [0.15, 0.2) is 42.5 Å². The Morgan fingerprint density at radius 3 is 2.48 bits per heavy atom. The highest BCUT2D eigenvalue weighted by Crippen LogP contribution is 2.49. The molecule has 4 atom stereocenters. The van der Waals surface area contributed by atoms with Crippen LogP contribution in [0.4, 0.5) is 11.4 Å². The summed E-state index contributed by atoms with van der Waals surface area (Å²) in [5, 5.41) is 11.6. The summed E-state index contributed by atoms with van der Waals surface area (Å²) in [6, 6.07) is 9.29. The van der Waals surface area contributed by atoms with E-state index in [4.69, 9.17) is 16.3 Å². The molecule has 3 heterocycles. The molecule has 33 heavy (non-hydrogen) atoms. The SMILES string of the molecule is COc1cc([N+](=O)[O-])ccc1N1C(=O)[C@@H]2[C@H](C1=O)[C@@H]1CCCN1[C@@H]2C(=O)c1ccc(Cl)cc1. The number of rotatable bonds is 5. The summed E-state index contributed by atoms with van der Waals surface area (Å²) < 4.78 is 5.27. The Kier molecular flexibility index (Phi) is 5.18. The van der Waals surface area contributed by atoms with Gasteiger partial charge in [0, 0.05) is 22.7 Å². The highest BCUT2D eigenvalue weighted by Gasteiger charge is 2.65. The van der Waals surface area contributed by atoms with Crippen LogP contribution in [0.5, 0.6) is 5.75 Å². The van der Waals surface area contributed by atoms with E-state index in [9.17, 15) is 24.5 Å². The van der Waals surface area contributed by atoms with Crippen molar-refractivity contribution in [3.8, 4) is 5.75 Å². The maximum Gasteiger partial charge on any atom is 0.273 e. The average molecular weight is 470 g/mol. The molecule has 0 spiro atoms. The molecule has 9 nitrogen and oxygen atoms in total. The lowest BCUT2D eigenvalue weighted by Gasteiger charge is -2.28. The summed E-state index contributed by atoms with van der Waals surface area (Å²) in [5.74, 6) is -2.54.